The van der Waals surface area contributed by atoms with Gasteiger partial charge in [0.25, 0.3) is 5.91 Å². The minimum atomic E-state index is -0.458. The van der Waals surface area contributed by atoms with E-state index in [4.69, 9.17) is 0 Å². The number of hydrogen-bond donors (Lipinski definition) is 4. The molecule has 3 rings (SSSR count). The largest absolute Gasteiger partial charge is 0.302 e. The van der Waals surface area contributed by atoms with Crippen molar-refractivity contribution in [3.63, 3.8) is 0 Å². The van der Waals surface area contributed by atoms with Crippen LogP contribution in [0.3, 0.4) is 0 Å². The number of hydrogen-bond acceptors (Lipinski definition) is 9. The summed E-state index contributed by atoms with van der Waals surface area (Å²) < 4.78 is 1.39. The first kappa shape index (κ1) is 23.9. The molecule has 0 aliphatic heterocycles. The Morgan fingerprint density at radius 1 is 1.03 bits per heavy atom. The van der Waals surface area contributed by atoms with E-state index in [0.29, 0.717) is 22.2 Å². The van der Waals surface area contributed by atoms with Crippen molar-refractivity contribution in [1.29, 1.82) is 0 Å². The monoisotopic (exact) mass is 488 g/mol. The molecule has 0 bridgehead atoms. The second-order valence-electron chi connectivity index (χ2n) is 6.56. The van der Waals surface area contributed by atoms with Crippen molar-refractivity contribution in [3.8, 4) is 0 Å². The fourth-order valence-corrected chi connectivity index (χ4v) is 3.93. The van der Waals surface area contributed by atoms with E-state index in [2.05, 4.69) is 36.8 Å². The van der Waals surface area contributed by atoms with Crippen LogP contribution in [0.15, 0.2) is 40.9 Å². The molecule has 172 valence electrons. The minimum Gasteiger partial charge on any atom is -0.302 e. The van der Waals surface area contributed by atoms with E-state index in [1.807, 2.05) is 0 Å². The van der Waals surface area contributed by atoms with Crippen LogP contribution >= 0.6 is 23.1 Å². The number of nitrogens with one attached hydrogen (secondary N) is 4. The van der Waals surface area contributed by atoms with E-state index in [1.54, 1.807) is 35.7 Å². The van der Waals surface area contributed by atoms with E-state index in [-0.39, 0.29) is 23.2 Å². The molecule has 0 saturated heterocycles. The molecule has 3 aromatic rings. The van der Waals surface area contributed by atoms with Crippen LogP contribution < -0.4 is 21.6 Å². The Labute approximate surface area is 196 Å². The van der Waals surface area contributed by atoms with Gasteiger partial charge in [0.05, 0.1) is 17.9 Å². The summed E-state index contributed by atoms with van der Waals surface area (Å²) in [6.07, 6.45) is 0.219. The van der Waals surface area contributed by atoms with Crippen molar-refractivity contribution in [1.82, 2.24) is 30.7 Å². The molecule has 4 amide bonds. The average molecular weight is 489 g/mol. The van der Waals surface area contributed by atoms with Gasteiger partial charge in [0.15, 0.2) is 11.0 Å². The SMILES string of the molecule is CC(=O)NNC(=O)CSc1nnc(Cc2csc(NC(C)=O)n2)n1NC(=O)c1ccccc1. The number of nitrogens with zero attached hydrogens (tertiary/aromatic N) is 4. The highest BCUT2D eigenvalue weighted by Gasteiger charge is 2.19. The maximum Gasteiger partial charge on any atom is 0.270 e. The predicted molar refractivity (Wildman–Crippen MR) is 122 cm³/mol. The Balaban J connectivity index is 1.79. The first-order chi connectivity index (χ1) is 15.8. The van der Waals surface area contributed by atoms with E-state index < -0.39 is 17.7 Å². The quantitative estimate of drug-likeness (QED) is 0.269. The van der Waals surface area contributed by atoms with Crippen molar-refractivity contribution in [2.75, 3.05) is 16.5 Å². The topological polar surface area (TPSA) is 160 Å². The summed E-state index contributed by atoms with van der Waals surface area (Å²) in [5, 5.41) is 13.3. The van der Waals surface area contributed by atoms with Crippen LogP contribution in [0.5, 0.6) is 0 Å². The number of anilines is 1. The van der Waals surface area contributed by atoms with Gasteiger partial charge in [-0.3, -0.25) is 35.5 Å². The summed E-state index contributed by atoms with van der Waals surface area (Å²) in [5.41, 5.74) is 8.25. The van der Waals surface area contributed by atoms with Crippen molar-refractivity contribution in [2.24, 2.45) is 0 Å². The van der Waals surface area contributed by atoms with Gasteiger partial charge in [-0.05, 0) is 12.1 Å². The maximum atomic E-state index is 12.7. The molecule has 0 aliphatic carbocycles. The molecule has 0 radical (unpaired) electrons. The molecular formula is C19H20N8O4S2. The van der Waals surface area contributed by atoms with Gasteiger partial charge in [0.1, 0.15) is 0 Å². The van der Waals surface area contributed by atoms with E-state index in [0.717, 1.165) is 11.8 Å². The highest BCUT2D eigenvalue weighted by molar-refractivity contribution is 7.99. The van der Waals surface area contributed by atoms with E-state index in [9.17, 15) is 19.2 Å². The fourth-order valence-electron chi connectivity index (χ4n) is 2.46. The second kappa shape index (κ2) is 11.2. The lowest BCUT2D eigenvalue weighted by atomic mass is 10.2. The third-order valence-corrected chi connectivity index (χ3v) is 5.57. The Hall–Kier alpha value is -3.78. The first-order valence-corrected chi connectivity index (χ1v) is 11.4. The number of amides is 4. The maximum absolute atomic E-state index is 12.7. The Morgan fingerprint density at radius 3 is 2.48 bits per heavy atom. The lowest BCUT2D eigenvalue weighted by molar-refractivity contribution is -0.126. The number of benzene rings is 1. The van der Waals surface area contributed by atoms with Crippen LogP contribution in [0.25, 0.3) is 0 Å². The van der Waals surface area contributed by atoms with Gasteiger partial charge >= 0.3 is 0 Å². The standard InChI is InChI=1S/C19H20N8O4S2/c1-11(28)20-18-21-14(9-32-18)8-15-23-25-19(33-10-16(30)24-22-12(2)29)27(15)26-17(31)13-6-4-3-5-7-13/h3-7,9H,8,10H2,1-2H3,(H,22,29)(H,24,30)(H,26,31)(H,20,21,28). The Morgan fingerprint density at radius 2 is 1.79 bits per heavy atom. The number of thiazole rings is 1. The summed E-state index contributed by atoms with van der Waals surface area (Å²) in [4.78, 5) is 51.1. The molecule has 0 atom stereocenters. The molecule has 0 aliphatic rings. The van der Waals surface area contributed by atoms with Crippen LogP contribution in [-0.4, -0.2) is 49.2 Å². The van der Waals surface area contributed by atoms with Crippen molar-refractivity contribution >= 4 is 51.9 Å². The van der Waals surface area contributed by atoms with E-state index >= 15 is 0 Å². The zero-order valence-corrected chi connectivity index (χ0v) is 19.2. The predicted octanol–water partition coefficient (Wildman–Crippen LogP) is 0.927. The van der Waals surface area contributed by atoms with Gasteiger partial charge < -0.3 is 5.32 Å². The molecule has 14 heteroatoms. The van der Waals surface area contributed by atoms with Gasteiger partial charge in [-0.15, -0.1) is 21.5 Å². The van der Waals surface area contributed by atoms with Crippen LogP contribution in [0.1, 0.15) is 35.7 Å². The van der Waals surface area contributed by atoms with Gasteiger partial charge in [0, 0.05) is 24.8 Å². The second-order valence-corrected chi connectivity index (χ2v) is 8.36. The zero-order chi connectivity index (χ0) is 23.8. The van der Waals surface area contributed by atoms with E-state index in [1.165, 1.54) is 29.9 Å². The third-order valence-electron chi connectivity index (χ3n) is 3.83. The number of aromatic nitrogens is 4. The third kappa shape index (κ3) is 7.11. The van der Waals surface area contributed by atoms with Crippen LogP contribution in [0.2, 0.25) is 0 Å². The fraction of sp³-hybridized carbons (Fsp3) is 0.211. The van der Waals surface area contributed by atoms with Gasteiger partial charge in [-0.25, -0.2) is 9.66 Å². The first-order valence-electron chi connectivity index (χ1n) is 9.52. The lowest BCUT2D eigenvalue weighted by Crippen LogP contribution is -2.41. The van der Waals surface area contributed by atoms with Gasteiger partial charge in [0.2, 0.25) is 22.9 Å². The Kier molecular flexibility index (Phi) is 8.10. The van der Waals surface area contributed by atoms with Crippen molar-refractivity contribution in [3.05, 3.63) is 52.8 Å². The van der Waals surface area contributed by atoms with Crippen LogP contribution in [-0.2, 0) is 20.8 Å². The molecule has 0 fully saturated rings. The molecule has 0 unspecified atom stereocenters. The molecule has 4 N–H and O–H groups in total. The zero-order valence-electron chi connectivity index (χ0n) is 17.6. The number of rotatable bonds is 8. The molecular weight excluding hydrogens is 468 g/mol. The van der Waals surface area contributed by atoms with Gasteiger partial charge in [-0.1, -0.05) is 30.0 Å². The summed E-state index contributed by atoms with van der Waals surface area (Å²) in [6, 6.07) is 8.59. The Bertz CT molecular complexity index is 1160. The lowest BCUT2D eigenvalue weighted by Gasteiger charge is -2.11. The number of thioether (sulfide) groups is 1. The summed E-state index contributed by atoms with van der Waals surface area (Å²) in [7, 11) is 0. The highest BCUT2D eigenvalue weighted by atomic mass is 32.2. The molecule has 1 aromatic carbocycles. The number of hydrazine groups is 1. The molecule has 2 aromatic heterocycles. The molecule has 0 saturated carbocycles. The summed E-state index contributed by atoms with van der Waals surface area (Å²) in [5.74, 6) is -1.19. The van der Waals surface area contributed by atoms with Crippen molar-refractivity contribution < 1.29 is 19.2 Å². The number of carbonyl (C=O) groups is 4. The molecule has 12 nitrogen and oxygen atoms in total. The number of carbonyl (C=O) groups excluding carboxylic acids is 4. The molecule has 0 spiro atoms. The average Bonchev–Trinajstić information content (AvgIpc) is 3.37. The van der Waals surface area contributed by atoms with Crippen LogP contribution in [0.4, 0.5) is 5.13 Å². The summed E-state index contributed by atoms with van der Waals surface area (Å²) in [6.45, 7) is 2.66. The smallest absolute Gasteiger partial charge is 0.270 e. The molecule has 2 heterocycles. The van der Waals surface area contributed by atoms with Crippen LogP contribution in [0, 0.1) is 0 Å². The summed E-state index contributed by atoms with van der Waals surface area (Å²) >= 11 is 2.29. The minimum absolute atomic E-state index is 0.0804. The normalized spacial score (nSPS) is 10.4. The highest BCUT2D eigenvalue weighted by Crippen LogP contribution is 2.20. The van der Waals surface area contributed by atoms with Crippen molar-refractivity contribution in [2.45, 2.75) is 25.4 Å². The van der Waals surface area contributed by atoms with Gasteiger partial charge in [-0.2, -0.15) is 0 Å². The molecule has 33 heavy (non-hydrogen) atoms.